The van der Waals surface area contributed by atoms with Gasteiger partial charge in [0.15, 0.2) is 11.0 Å². The molecule has 1 N–H and O–H groups in total. The van der Waals surface area contributed by atoms with E-state index in [-0.39, 0.29) is 22.9 Å². The molecule has 1 aromatic rings. The van der Waals surface area contributed by atoms with Gasteiger partial charge >= 0.3 is 5.97 Å². The summed E-state index contributed by atoms with van der Waals surface area (Å²) in [4.78, 5) is 19.2. The summed E-state index contributed by atoms with van der Waals surface area (Å²) in [6.07, 6.45) is 2.33. The highest BCUT2D eigenvalue weighted by molar-refractivity contribution is 6.29. The summed E-state index contributed by atoms with van der Waals surface area (Å²) < 4.78 is 18.1. The van der Waals surface area contributed by atoms with E-state index in [0.29, 0.717) is 6.54 Å². The number of carbonyl (C=O) groups is 1. The highest BCUT2D eigenvalue weighted by Gasteiger charge is 2.17. The van der Waals surface area contributed by atoms with Crippen LogP contribution in [0.15, 0.2) is 22.8 Å². The van der Waals surface area contributed by atoms with E-state index in [1.807, 2.05) is 0 Å². The van der Waals surface area contributed by atoms with Crippen molar-refractivity contribution in [1.82, 2.24) is 4.98 Å². The summed E-state index contributed by atoms with van der Waals surface area (Å²) in [5.74, 6) is -2.02. The van der Waals surface area contributed by atoms with Crippen molar-refractivity contribution in [1.29, 1.82) is 0 Å². The van der Waals surface area contributed by atoms with Crippen molar-refractivity contribution < 1.29 is 19.0 Å². The first-order valence-electron chi connectivity index (χ1n) is 5.92. The van der Waals surface area contributed by atoms with E-state index in [0.717, 1.165) is 12.3 Å². The van der Waals surface area contributed by atoms with E-state index >= 15 is 0 Å². The van der Waals surface area contributed by atoms with Crippen LogP contribution in [0, 0.1) is 5.82 Å². The molecule has 0 fully saturated rings. The van der Waals surface area contributed by atoms with E-state index in [2.05, 4.69) is 9.98 Å². The Morgan fingerprint density at radius 3 is 2.85 bits per heavy atom. The van der Waals surface area contributed by atoms with Gasteiger partial charge in [0.1, 0.15) is 11.3 Å². The lowest BCUT2D eigenvalue weighted by molar-refractivity contribution is -0.137. The summed E-state index contributed by atoms with van der Waals surface area (Å²) in [7, 11) is 0. The number of halogens is 2. The van der Waals surface area contributed by atoms with Crippen LogP contribution < -0.4 is 0 Å². The molecule has 1 rings (SSSR count). The van der Waals surface area contributed by atoms with Crippen LogP contribution in [0.2, 0.25) is 5.15 Å². The third kappa shape index (κ3) is 4.03. The second-order valence-corrected chi connectivity index (χ2v) is 3.97. The van der Waals surface area contributed by atoms with Gasteiger partial charge in [0.2, 0.25) is 0 Å². The lowest BCUT2D eigenvalue weighted by Gasteiger charge is -2.07. The topological polar surface area (TPSA) is 71.8 Å². The minimum absolute atomic E-state index is 0.0116. The summed E-state index contributed by atoms with van der Waals surface area (Å²) >= 11 is 5.46. The molecule has 20 heavy (non-hydrogen) atoms. The maximum Gasteiger partial charge on any atom is 0.343 e. The Labute approximate surface area is 120 Å². The molecule has 0 aliphatic heterocycles. The minimum Gasteiger partial charge on any atom is -0.506 e. The van der Waals surface area contributed by atoms with E-state index in [9.17, 15) is 14.3 Å². The first-order valence-corrected chi connectivity index (χ1v) is 6.30. The van der Waals surface area contributed by atoms with Crippen molar-refractivity contribution >= 4 is 29.5 Å². The molecule has 0 unspecified atom stereocenters. The fourth-order valence-electron chi connectivity index (χ4n) is 1.31. The van der Waals surface area contributed by atoms with E-state index in [1.54, 1.807) is 13.8 Å². The number of aromatic nitrogens is 1. The Bertz CT molecular complexity index is 559. The van der Waals surface area contributed by atoms with Gasteiger partial charge in [0.05, 0.1) is 6.61 Å². The zero-order valence-corrected chi connectivity index (χ0v) is 11.8. The van der Waals surface area contributed by atoms with Crippen LogP contribution in [0.4, 0.5) is 4.39 Å². The number of aliphatic imine (C=N–C) groups is 1. The van der Waals surface area contributed by atoms with Crippen LogP contribution in [0.5, 0.6) is 0 Å². The molecule has 108 valence electrons. The molecule has 0 bridgehead atoms. The van der Waals surface area contributed by atoms with Gasteiger partial charge in [-0.05, 0) is 19.9 Å². The lowest BCUT2D eigenvalue weighted by Crippen LogP contribution is -2.11. The van der Waals surface area contributed by atoms with Gasteiger partial charge in [-0.15, -0.1) is 0 Å². The normalized spacial score (nSPS) is 12.4. The number of esters is 1. The van der Waals surface area contributed by atoms with Gasteiger partial charge < -0.3 is 9.84 Å². The van der Waals surface area contributed by atoms with Crippen LogP contribution in [0.1, 0.15) is 19.4 Å². The molecule has 1 aromatic heterocycles. The maximum atomic E-state index is 13.3. The molecular formula is C13H14ClFN2O3. The number of rotatable bonds is 5. The Morgan fingerprint density at radius 1 is 1.60 bits per heavy atom. The molecule has 7 heteroatoms. The van der Waals surface area contributed by atoms with E-state index < -0.39 is 17.5 Å². The first-order chi connectivity index (χ1) is 9.51. The number of ether oxygens (including phenoxy) is 1. The molecule has 1 heterocycles. The zero-order chi connectivity index (χ0) is 15.1. The van der Waals surface area contributed by atoms with Crippen LogP contribution in [0.25, 0.3) is 5.76 Å². The van der Waals surface area contributed by atoms with Crippen molar-refractivity contribution in [3.8, 4) is 0 Å². The van der Waals surface area contributed by atoms with Crippen molar-refractivity contribution in [3.63, 3.8) is 0 Å². The third-order valence-electron chi connectivity index (χ3n) is 2.22. The van der Waals surface area contributed by atoms with Crippen LogP contribution >= 0.6 is 11.6 Å². The monoisotopic (exact) mass is 300 g/mol. The quantitative estimate of drug-likeness (QED) is 0.298. The highest BCUT2D eigenvalue weighted by atomic mass is 35.5. The summed E-state index contributed by atoms with van der Waals surface area (Å²) in [5, 5.41) is 9.74. The smallest absolute Gasteiger partial charge is 0.343 e. The predicted octanol–water partition coefficient (Wildman–Crippen LogP) is 2.80. The number of pyridine rings is 1. The predicted molar refractivity (Wildman–Crippen MR) is 74.4 cm³/mol. The third-order valence-corrected chi connectivity index (χ3v) is 2.50. The second kappa shape index (κ2) is 7.59. The minimum atomic E-state index is -0.800. The Balaban J connectivity index is 3.27. The molecule has 0 saturated carbocycles. The van der Waals surface area contributed by atoms with Crippen LogP contribution in [-0.2, 0) is 9.53 Å². The van der Waals surface area contributed by atoms with Gasteiger partial charge in [-0.2, -0.15) is 0 Å². The number of aliphatic hydroxyl groups is 1. The molecule has 0 spiro atoms. The van der Waals surface area contributed by atoms with Gasteiger partial charge in [0, 0.05) is 24.5 Å². The number of aliphatic hydroxyl groups excluding tert-OH is 1. The van der Waals surface area contributed by atoms with Crippen molar-refractivity contribution in [3.05, 3.63) is 34.4 Å². The fourth-order valence-corrected chi connectivity index (χ4v) is 1.41. The molecule has 0 amide bonds. The van der Waals surface area contributed by atoms with Crippen molar-refractivity contribution in [2.24, 2.45) is 4.99 Å². The summed E-state index contributed by atoms with van der Waals surface area (Å²) in [5.41, 5.74) is -0.158. The standard InChI is InChI=1S/C13H14ClFN2O3/c1-3-16-7-9(13(19)20-4-2)11(18)8-5-10(15)12(14)17-6-8/h5-7,18H,3-4H2,1-2H3/b11-9+,16-7?. The average molecular weight is 301 g/mol. The van der Waals surface area contributed by atoms with Crippen LogP contribution in [0.3, 0.4) is 0 Å². The number of carbonyl (C=O) groups excluding carboxylic acids is 1. The summed E-state index contributed by atoms with van der Waals surface area (Å²) in [6, 6.07) is 0.976. The van der Waals surface area contributed by atoms with Crippen molar-refractivity contribution in [2.45, 2.75) is 13.8 Å². The molecule has 0 aromatic carbocycles. The SMILES string of the molecule is CCN=C/C(C(=O)OCC)=C(\O)c1cnc(Cl)c(F)c1. The van der Waals surface area contributed by atoms with Gasteiger partial charge in [-0.25, -0.2) is 14.2 Å². The summed E-state index contributed by atoms with van der Waals surface area (Å²) in [6.45, 7) is 3.96. The molecule has 5 nitrogen and oxygen atoms in total. The van der Waals surface area contributed by atoms with Crippen molar-refractivity contribution in [2.75, 3.05) is 13.2 Å². The van der Waals surface area contributed by atoms with Gasteiger partial charge in [0.25, 0.3) is 0 Å². The molecular weight excluding hydrogens is 287 g/mol. The Morgan fingerprint density at radius 2 is 2.30 bits per heavy atom. The molecule has 0 saturated heterocycles. The van der Waals surface area contributed by atoms with Crippen LogP contribution in [-0.4, -0.2) is 35.4 Å². The molecule has 0 aliphatic rings. The number of hydrogen-bond acceptors (Lipinski definition) is 5. The largest absolute Gasteiger partial charge is 0.506 e. The van der Waals surface area contributed by atoms with Gasteiger partial charge in [-0.3, -0.25) is 4.99 Å². The second-order valence-electron chi connectivity index (χ2n) is 3.61. The lowest BCUT2D eigenvalue weighted by atomic mass is 10.1. The molecule has 0 radical (unpaired) electrons. The van der Waals surface area contributed by atoms with E-state index in [1.165, 1.54) is 6.21 Å². The fraction of sp³-hybridized carbons (Fsp3) is 0.308. The number of hydrogen-bond donors (Lipinski definition) is 1. The van der Waals surface area contributed by atoms with E-state index in [4.69, 9.17) is 16.3 Å². The highest BCUT2D eigenvalue weighted by Crippen LogP contribution is 2.19. The Kier molecular flexibility index (Phi) is 6.11. The van der Waals surface area contributed by atoms with Gasteiger partial charge in [-0.1, -0.05) is 11.6 Å². The first kappa shape index (κ1) is 16.1. The molecule has 0 aliphatic carbocycles. The Hall–Kier alpha value is -1.95. The zero-order valence-electron chi connectivity index (χ0n) is 11.1. The maximum absolute atomic E-state index is 13.3. The average Bonchev–Trinajstić information content (AvgIpc) is 2.42. The number of nitrogens with zero attached hydrogens (tertiary/aromatic N) is 2. The molecule has 0 atom stereocenters.